The molecule has 0 spiro atoms. The van der Waals surface area contributed by atoms with Gasteiger partial charge in [-0.25, -0.2) is 4.98 Å². The molecule has 3 aromatic rings. The molecule has 3 aliphatic rings. The van der Waals surface area contributed by atoms with Gasteiger partial charge in [0.15, 0.2) is 0 Å². The van der Waals surface area contributed by atoms with Crippen LogP contribution in [0.3, 0.4) is 0 Å². The van der Waals surface area contributed by atoms with E-state index in [4.69, 9.17) is 16.6 Å². The Morgan fingerprint density at radius 2 is 1.84 bits per heavy atom. The maximum atomic E-state index is 6.50. The van der Waals surface area contributed by atoms with Crippen LogP contribution >= 0.6 is 22.9 Å². The molecule has 1 aromatic carbocycles. The number of nitrogens with zero attached hydrogens (tertiary/aromatic N) is 3. The van der Waals surface area contributed by atoms with E-state index < -0.39 is 0 Å². The van der Waals surface area contributed by atoms with Crippen LogP contribution in [0.2, 0.25) is 5.28 Å². The Kier molecular flexibility index (Phi) is 4.69. The number of rotatable bonds is 2. The van der Waals surface area contributed by atoms with Gasteiger partial charge in [0.25, 0.3) is 0 Å². The number of aryl methyl sites for hydroxylation is 3. The molecule has 3 heterocycles. The van der Waals surface area contributed by atoms with Crippen molar-refractivity contribution in [3.05, 3.63) is 39.5 Å². The molecule has 1 aliphatic heterocycles. The molecule has 1 saturated heterocycles. The molecule has 0 N–H and O–H groups in total. The standard InChI is InChI=1S/C27H32ClN3S/c1-16-21(19-10-9-17-7-5-6-8-18(17)11-19)22-23(29-25(28)30-24(22)32-16)31-15-27(4)13-20(31)12-26(2,3)14-27/h9-11,20H,5-8,12-15H2,1-4H3. The van der Waals surface area contributed by atoms with Crippen LogP contribution in [0.5, 0.6) is 0 Å². The molecule has 2 aromatic heterocycles. The second-order valence-electron chi connectivity index (χ2n) is 11.6. The average Bonchev–Trinajstić information content (AvgIpc) is 3.18. The zero-order chi connectivity index (χ0) is 22.3. The number of hydrogen-bond donors (Lipinski definition) is 0. The van der Waals surface area contributed by atoms with E-state index in [1.54, 1.807) is 11.3 Å². The predicted molar refractivity (Wildman–Crippen MR) is 136 cm³/mol. The number of thiophene rings is 1. The highest BCUT2D eigenvalue weighted by molar-refractivity contribution is 7.19. The molecular weight excluding hydrogens is 434 g/mol. The van der Waals surface area contributed by atoms with Gasteiger partial charge >= 0.3 is 0 Å². The summed E-state index contributed by atoms with van der Waals surface area (Å²) in [7, 11) is 0. The SMILES string of the molecule is Cc1sc2nc(Cl)nc(N3CC4(C)CC3CC(C)(C)C4)c2c1-c1ccc2c(c1)CCCC2. The van der Waals surface area contributed by atoms with E-state index in [0.717, 1.165) is 17.2 Å². The van der Waals surface area contributed by atoms with Crippen LogP contribution in [0, 0.1) is 17.8 Å². The van der Waals surface area contributed by atoms with Gasteiger partial charge in [-0.2, -0.15) is 4.98 Å². The van der Waals surface area contributed by atoms with Gasteiger partial charge in [-0.3, -0.25) is 0 Å². The molecule has 6 rings (SSSR count). The Hall–Kier alpha value is -1.65. The molecule has 0 amide bonds. The molecule has 2 atom stereocenters. The first-order valence-corrected chi connectivity index (χ1v) is 13.3. The summed E-state index contributed by atoms with van der Waals surface area (Å²) < 4.78 is 0. The van der Waals surface area contributed by atoms with E-state index in [9.17, 15) is 0 Å². The smallest absolute Gasteiger partial charge is 0.225 e. The molecule has 3 nitrogen and oxygen atoms in total. The molecule has 32 heavy (non-hydrogen) atoms. The van der Waals surface area contributed by atoms with E-state index in [2.05, 4.69) is 55.8 Å². The summed E-state index contributed by atoms with van der Waals surface area (Å²) >= 11 is 8.26. The van der Waals surface area contributed by atoms with Gasteiger partial charge in [0, 0.05) is 23.0 Å². The van der Waals surface area contributed by atoms with E-state index in [1.807, 2.05) is 0 Å². The van der Waals surface area contributed by atoms with E-state index >= 15 is 0 Å². The third-order valence-electron chi connectivity index (χ3n) is 8.01. The number of fused-ring (bicyclic) bond motifs is 4. The van der Waals surface area contributed by atoms with Crippen LogP contribution in [-0.2, 0) is 12.8 Å². The average molecular weight is 466 g/mol. The van der Waals surface area contributed by atoms with Crippen LogP contribution in [-0.4, -0.2) is 22.6 Å². The third kappa shape index (κ3) is 3.37. The van der Waals surface area contributed by atoms with Crippen LogP contribution in [0.15, 0.2) is 18.2 Å². The fourth-order valence-corrected chi connectivity index (χ4v) is 8.47. The number of hydrogen-bond acceptors (Lipinski definition) is 4. The largest absolute Gasteiger partial charge is 0.352 e. The molecule has 5 heteroatoms. The van der Waals surface area contributed by atoms with Gasteiger partial charge in [0.1, 0.15) is 10.6 Å². The Morgan fingerprint density at radius 1 is 1.06 bits per heavy atom. The Bertz CT molecular complexity index is 1230. The maximum Gasteiger partial charge on any atom is 0.225 e. The highest BCUT2D eigenvalue weighted by Crippen LogP contribution is 2.55. The highest BCUT2D eigenvalue weighted by Gasteiger charge is 2.50. The summed E-state index contributed by atoms with van der Waals surface area (Å²) in [5.41, 5.74) is 6.39. The summed E-state index contributed by atoms with van der Waals surface area (Å²) in [6.45, 7) is 10.6. The van der Waals surface area contributed by atoms with Crippen LogP contribution in [0.4, 0.5) is 5.82 Å². The summed E-state index contributed by atoms with van der Waals surface area (Å²) in [4.78, 5) is 14.5. The van der Waals surface area contributed by atoms with Crippen molar-refractivity contribution in [3.8, 4) is 11.1 Å². The zero-order valence-corrected chi connectivity index (χ0v) is 21.2. The van der Waals surface area contributed by atoms with Crippen molar-refractivity contribution in [2.24, 2.45) is 10.8 Å². The lowest BCUT2D eigenvalue weighted by Crippen LogP contribution is -2.35. The Balaban J connectivity index is 1.53. The molecule has 2 fully saturated rings. The van der Waals surface area contributed by atoms with Crippen molar-refractivity contribution in [2.75, 3.05) is 11.4 Å². The maximum absolute atomic E-state index is 6.50. The second-order valence-corrected chi connectivity index (χ2v) is 13.1. The molecule has 2 bridgehead atoms. The lowest BCUT2D eigenvalue weighted by Gasteiger charge is -2.39. The van der Waals surface area contributed by atoms with Crippen LogP contribution < -0.4 is 4.90 Å². The first kappa shape index (κ1) is 20.9. The Labute approximate surface area is 200 Å². The number of halogens is 1. The van der Waals surface area contributed by atoms with Crippen LogP contribution in [0.1, 0.15) is 68.9 Å². The molecule has 168 valence electrons. The molecule has 0 radical (unpaired) electrons. The fraction of sp³-hybridized carbons (Fsp3) is 0.556. The summed E-state index contributed by atoms with van der Waals surface area (Å²) in [6, 6.07) is 7.64. The summed E-state index contributed by atoms with van der Waals surface area (Å²) in [6.07, 6.45) is 8.76. The summed E-state index contributed by atoms with van der Waals surface area (Å²) in [5, 5.41) is 1.58. The first-order chi connectivity index (χ1) is 15.2. The van der Waals surface area contributed by atoms with Crippen molar-refractivity contribution in [2.45, 2.75) is 78.7 Å². The van der Waals surface area contributed by atoms with Crippen molar-refractivity contribution < 1.29 is 0 Å². The van der Waals surface area contributed by atoms with Gasteiger partial charge in [0.2, 0.25) is 5.28 Å². The number of anilines is 1. The topological polar surface area (TPSA) is 29.0 Å². The quantitative estimate of drug-likeness (QED) is 0.365. The van der Waals surface area contributed by atoms with Gasteiger partial charge < -0.3 is 4.90 Å². The predicted octanol–water partition coefficient (Wildman–Crippen LogP) is 7.60. The minimum absolute atomic E-state index is 0.340. The summed E-state index contributed by atoms with van der Waals surface area (Å²) in [5.74, 6) is 1.06. The Morgan fingerprint density at radius 3 is 2.66 bits per heavy atom. The first-order valence-electron chi connectivity index (χ1n) is 12.1. The van der Waals surface area contributed by atoms with E-state index in [-0.39, 0.29) is 0 Å². The number of aromatic nitrogens is 2. The third-order valence-corrected chi connectivity index (χ3v) is 9.17. The molecule has 2 unspecified atom stereocenters. The highest BCUT2D eigenvalue weighted by atomic mass is 35.5. The molecule has 2 aliphatic carbocycles. The lowest BCUT2D eigenvalue weighted by molar-refractivity contribution is 0.136. The van der Waals surface area contributed by atoms with Crippen LogP contribution in [0.25, 0.3) is 21.3 Å². The zero-order valence-electron chi connectivity index (χ0n) is 19.6. The van der Waals surface area contributed by atoms with E-state index in [0.29, 0.717) is 22.2 Å². The number of benzene rings is 1. The van der Waals surface area contributed by atoms with Crippen molar-refractivity contribution in [3.63, 3.8) is 0 Å². The van der Waals surface area contributed by atoms with E-state index in [1.165, 1.54) is 77.5 Å². The monoisotopic (exact) mass is 465 g/mol. The normalized spacial score (nSPS) is 26.5. The lowest BCUT2D eigenvalue weighted by atomic mass is 9.65. The van der Waals surface area contributed by atoms with Crippen molar-refractivity contribution in [1.82, 2.24) is 9.97 Å². The van der Waals surface area contributed by atoms with Crippen molar-refractivity contribution >= 4 is 39.0 Å². The minimum Gasteiger partial charge on any atom is -0.352 e. The second kappa shape index (κ2) is 7.17. The molecular formula is C27H32ClN3S. The van der Waals surface area contributed by atoms with Gasteiger partial charge in [-0.15, -0.1) is 11.3 Å². The van der Waals surface area contributed by atoms with Gasteiger partial charge in [-0.1, -0.05) is 39.0 Å². The van der Waals surface area contributed by atoms with Gasteiger partial charge in [-0.05, 0) is 91.0 Å². The minimum atomic E-state index is 0.340. The molecule has 1 saturated carbocycles. The fourth-order valence-electron chi connectivity index (χ4n) is 7.22. The van der Waals surface area contributed by atoms with Gasteiger partial charge in [0.05, 0.1) is 5.39 Å². The van der Waals surface area contributed by atoms with Crippen molar-refractivity contribution in [1.29, 1.82) is 0 Å².